The Morgan fingerprint density at radius 3 is 2.70 bits per heavy atom. The van der Waals surface area contributed by atoms with Gasteiger partial charge in [-0.2, -0.15) is 5.10 Å². The van der Waals surface area contributed by atoms with E-state index in [0.29, 0.717) is 18.4 Å². The number of hydrogen-bond acceptors (Lipinski definition) is 3. The van der Waals surface area contributed by atoms with Gasteiger partial charge in [-0.25, -0.2) is 5.43 Å². The second-order valence-electron chi connectivity index (χ2n) is 6.37. The number of H-pyrrole nitrogens is 1. The highest BCUT2D eigenvalue weighted by Gasteiger charge is 2.07. The summed E-state index contributed by atoms with van der Waals surface area (Å²) in [6.45, 7) is 0. The number of nitrogens with one attached hydrogen (secondary N) is 2. The zero-order chi connectivity index (χ0) is 18.6. The number of nitrogens with zero attached hydrogens (tertiary/aromatic N) is 1. The van der Waals surface area contributed by atoms with Crippen molar-refractivity contribution in [3.05, 3.63) is 78.0 Å². The molecule has 1 aromatic heterocycles. The lowest BCUT2D eigenvalue weighted by Gasteiger charge is -2.05. The number of carbonyl (C=O) groups excluding carboxylic acids is 1. The number of aromatic amines is 1. The van der Waals surface area contributed by atoms with Gasteiger partial charge in [0.15, 0.2) is 0 Å². The smallest absolute Gasteiger partial charge is 0.240 e. The standard InChI is InChI=1S/C22H19N3O2/c26-21-11-9-15-5-1-2-6-17(15)19(21)14-24-25-22(27)12-10-16-13-23-20-8-4-3-7-18(16)20/h1-9,11,13-14,23,26H,10,12H2,(H,25,27). The van der Waals surface area contributed by atoms with Crippen LogP contribution in [-0.2, 0) is 11.2 Å². The van der Waals surface area contributed by atoms with Crippen LogP contribution >= 0.6 is 0 Å². The number of benzene rings is 3. The highest BCUT2D eigenvalue weighted by atomic mass is 16.3. The van der Waals surface area contributed by atoms with Crippen molar-refractivity contribution in [1.29, 1.82) is 0 Å². The van der Waals surface area contributed by atoms with Crippen LogP contribution in [0.4, 0.5) is 0 Å². The molecule has 0 saturated heterocycles. The molecule has 134 valence electrons. The van der Waals surface area contributed by atoms with Gasteiger partial charge in [0, 0.05) is 29.1 Å². The molecule has 0 spiro atoms. The third kappa shape index (κ3) is 3.53. The van der Waals surface area contributed by atoms with Crippen molar-refractivity contribution in [1.82, 2.24) is 10.4 Å². The van der Waals surface area contributed by atoms with E-state index in [1.807, 2.05) is 60.8 Å². The quantitative estimate of drug-likeness (QED) is 0.371. The first kappa shape index (κ1) is 16.8. The van der Waals surface area contributed by atoms with E-state index < -0.39 is 0 Å². The zero-order valence-corrected chi connectivity index (χ0v) is 14.6. The van der Waals surface area contributed by atoms with Crippen molar-refractivity contribution in [3.63, 3.8) is 0 Å². The lowest BCUT2D eigenvalue weighted by Crippen LogP contribution is -2.17. The molecule has 0 fully saturated rings. The topological polar surface area (TPSA) is 77.5 Å². The Bertz CT molecular complexity index is 1140. The van der Waals surface area contributed by atoms with Crippen molar-refractivity contribution in [2.45, 2.75) is 12.8 Å². The van der Waals surface area contributed by atoms with Crippen LogP contribution in [0.1, 0.15) is 17.5 Å². The molecule has 1 heterocycles. The molecule has 0 aliphatic carbocycles. The maximum absolute atomic E-state index is 12.1. The highest BCUT2D eigenvalue weighted by Crippen LogP contribution is 2.25. The number of rotatable bonds is 5. The average molecular weight is 357 g/mol. The molecule has 0 bridgehead atoms. The fraction of sp³-hybridized carbons (Fsp3) is 0.0909. The molecule has 0 aliphatic heterocycles. The minimum absolute atomic E-state index is 0.130. The van der Waals surface area contributed by atoms with Crippen molar-refractivity contribution in [2.75, 3.05) is 0 Å². The third-order valence-electron chi connectivity index (χ3n) is 4.63. The van der Waals surface area contributed by atoms with Gasteiger partial charge in [0.1, 0.15) is 5.75 Å². The number of hydrogen-bond donors (Lipinski definition) is 3. The molecular formula is C22H19N3O2. The fourth-order valence-corrected chi connectivity index (χ4v) is 3.23. The second-order valence-corrected chi connectivity index (χ2v) is 6.37. The molecule has 5 nitrogen and oxygen atoms in total. The predicted molar refractivity (Wildman–Crippen MR) is 108 cm³/mol. The van der Waals surface area contributed by atoms with Crippen LogP contribution in [0, 0.1) is 0 Å². The van der Waals surface area contributed by atoms with Crippen LogP contribution in [0.25, 0.3) is 21.7 Å². The maximum atomic E-state index is 12.1. The summed E-state index contributed by atoms with van der Waals surface area (Å²) in [4.78, 5) is 15.3. The molecule has 3 N–H and O–H groups in total. The summed E-state index contributed by atoms with van der Waals surface area (Å²) in [5, 5.41) is 17.1. The second kappa shape index (κ2) is 7.33. The Balaban J connectivity index is 1.42. The van der Waals surface area contributed by atoms with E-state index in [9.17, 15) is 9.90 Å². The molecule has 4 aromatic rings. The fourth-order valence-electron chi connectivity index (χ4n) is 3.23. The minimum Gasteiger partial charge on any atom is -0.507 e. The Hall–Kier alpha value is -3.60. The molecule has 5 heteroatoms. The maximum Gasteiger partial charge on any atom is 0.240 e. The number of aryl methyl sites for hydroxylation is 1. The number of hydrazone groups is 1. The number of phenolic OH excluding ortho intramolecular Hbond substituents is 1. The number of phenols is 1. The zero-order valence-electron chi connectivity index (χ0n) is 14.6. The Morgan fingerprint density at radius 2 is 1.81 bits per heavy atom. The van der Waals surface area contributed by atoms with Gasteiger partial charge in [0.25, 0.3) is 0 Å². The van der Waals surface area contributed by atoms with Gasteiger partial charge in [-0.3, -0.25) is 4.79 Å². The van der Waals surface area contributed by atoms with Crippen LogP contribution in [-0.4, -0.2) is 22.2 Å². The van der Waals surface area contributed by atoms with Gasteiger partial charge in [0.05, 0.1) is 6.21 Å². The number of aromatic hydroxyl groups is 1. The predicted octanol–water partition coefficient (Wildman–Crippen LogP) is 4.11. The summed E-state index contributed by atoms with van der Waals surface area (Å²) in [6, 6.07) is 19.2. The molecule has 27 heavy (non-hydrogen) atoms. The van der Waals surface area contributed by atoms with E-state index in [2.05, 4.69) is 15.5 Å². The molecule has 0 atom stereocenters. The summed E-state index contributed by atoms with van der Waals surface area (Å²) >= 11 is 0. The van der Waals surface area contributed by atoms with Crippen molar-refractivity contribution >= 4 is 33.8 Å². The average Bonchev–Trinajstić information content (AvgIpc) is 3.11. The van der Waals surface area contributed by atoms with E-state index in [1.165, 1.54) is 6.21 Å². The molecule has 0 saturated carbocycles. The van der Waals surface area contributed by atoms with Gasteiger partial charge in [-0.1, -0.05) is 48.5 Å². The molecule has 1 amide bonds. The SMILES string of the molecule is O=C(CCc1c[nH]c2ccccc12)NN=Cc1c(O)ccc2ccccc12. The molecule has 0 unspecified atom stereocenters. The lowest BCUT2D eigenvalue weighted by molar-refractivity contribution is -0.121. The van der Waals surface area contributed by atoms with E-state index in [1.54, 1.807) is 6.07 Å². The number of fused-ring (bicyclic) bond motifs is 2. The Kier molecular flexibility index (Phi) is 4.58. The van der Waals surface area contributed by atoms with Crippen molar-refractivity contribution < 1.29 is 9.90 Å². The van der Waals surface area contributed by atoms with Crippen LogP contribution in [0.2, 0.25) is 0 Å². The minimum atomic E-state index is -0.170. The first-order valence-electron chi connectivity index (χ1n) is 8.80. The third-order valence-corrected chi connectivity index (χ3v) is 4.63. The lowest BCUT2D eigenvalue weighted by atomic mass is 10.0. The molecule has 0 radical (unpaired) electrons. The van der Waals surface area contributed by atoms with Crippen LogP contribution in [0.3, 0.4) is 0 Å². The molecule has 0 aliphatic rings. The number of amides is 1. The summed E-state index contributed by atoms with van der Waals surface area (Å²) in [6.07, 6.45) is 4.39. The van der Waals surface area contributed by atoms with E-state index in [-0.39, 0.29) is 11.7 Å². The largest absolute Gasteiger partial charge is 0.507 e. The number of para-hydroxylation sites is 1. The van der Waals surface area contributed by atoms with Crippen LogP contribution in [0.15, 0.2) is 72.0 Å². The van der Waals surface area contributed by atoms with Gasteiger partial charge in [-0.15, -0.1) is 0 Å². The van der Waals surface area contributed by atoms with Gasteiger partial charge in [0.2, 0.25) is 5.91 Å². The van der Waals surface area contributed by atoms with E-state index in [4.69, 9.17) is 0 Å². The summed E-state index contributed by atoms with van der Waals surface area (Å²) < 4.78 is 0. The van der Waals surface area contributed by atoms with E-state index >= 15 is 0 Å². The molecule has 3 aromatic carbocycles. The first-order chi connectivity index (χ1) is 13.2. The molecule has 4 rings (SSSR count). The van der Waals surface area contributed by atoms with Gasteiger partial charge >= 0.3 is 0 Å². The van der Waals surface area contributed by atoms with Crippen LogP contribution in [0.5, 0.6) is 5.75 Å². The first-order valence-corrected chi connectivity index (χ1v) is 8.80. The van der Waals surface area contributed by atoms with Crippen molar-refractivity contribution in [2.24, 2.45) is 5.10 Å². The number of carbonyl (C=O) groups is 1. The summed E-state index contributed by atoms with van der Waals surface area (Å²) in [7, 11) is 0. The summed E-state index contributed by atoms with van der Waals surface area (Å²) in [5.74, 6) is -0.0400. The number of aromatic nitrogens is 1. The Labute approximate surface area is 156 Å². The van der Waals surface area contributed by atoms with Crippen molar-refractivity contribution in [3.8, 4) is 5.75 Å². The van der Waals surface area contributed by atoms with Crippen LogP contribution < -0.4 is 5.43 Å². The van der Waals surface area contributed by atoms with E-state index in [0.717, 1.165) is 27.2 Å². The summed E-state index contributed by atoms with van der Waals surface area (Å²) in [5.41, 5.74) is 5.31. The Morgan fingerprint density at radius 1 is 1.04 bits per heavy atom. The monoisotopic (exact) mass is 357 g/mol. The van der Waals surface area contributed by atoms with Gasteiger partial charge in [-0.05, 0) is 34.9 Å². The van der Waals surface area contributed by atoms with Gasteiger partial charge < -0.3 is 10.1 Å². The molecular weight excluding hydrogens is 338 g/mol. The highest BCUT2D eigenvalue weighted by molar-refractivity contribution is 6.02. The normalized spacial score (nSPS) is 11.4.